The highest BCUT2D eigenvalue weighted by Crippen LogP contribution is 2.20. The first kappa shape index (κ1) is 14.3. The highest BCUT2D eigenvalue weighted by atomic mass is 16.2. The van der Waals surface area contributed by atoms with Crippen molar-refractivity contribution in [3.8, 4) is 0 Å². The molecule has 0 aliphatic carbocycles. The van der Waals surface area contributed by atoms with Gasteiger partial charge in [0.2, 0.25) is 5.91 Å². The molecule has 0 bridgehead atoms. The van der Waals surface area contributed by atoms with Gasteiger partial charge < -0.3 is 10.2 Å². The number of fused-ring (bicyclic) bond motifs is 1. The molecule has 1 aromatic carbocycles. The average Bonchev–Trinajstić information content (AvgIpc) is 2.50. The number of anilines is 1. The summed E-state index contributed by atoms with van der Waals surface area (Å²) in [6.07, 6.45) is 3.90. The number of carbonyl (C=O) groups excluding carboxylic acids is 1. The third-order valence-corrected chi connectivity index (χ3v) is 3.34. The van der Waals surface area contributed by atoms with Crippen LogP contribution in [-0.4, -0.2) is 35.9 Å². The molecule has 0 spiro atoms. The van der Waals surface area contributed by atoms with Crippen molar-refractivity contribution in [1.82, 2.24) is 9.88 Å². The summed E-state index contributed by atoms with van der Waals surface area (Å²) in [5.41, 5.74) is 1.80. The second-order valence-electron chi connectivity index (χ2n) is 4.90. The van der Waals surface area contributed by atoms with E-state index in [1.165, 1.54) is 0 Å². The van der Waals surface area contributed by atoms with Gasteiger partial charge in [-0.15, -0.1) is 0 Å². The number of aromatic nitrogens is 1. The number of rotatable bonds is 6. The zero-order valence-electron chi connectivity index (χ0n) is 12.1. The number of nitrogens with one attached hydrogen (secondary N) is 1. The Hall–Kier alpha value is -2.10. The maximum absolute atomic E-state index is 12.0. The van der Waals surface area contributed by atoms with Crippen LogP contribution in [0.25, 0.3) is 10.9 Å². The van der Waals surface area contributed by atoms with Crippen LogP contribution in [0.5, 0.6) is 0 Å². The number of unbranched alkanes of at least 4 members (excludes halogenated alkanes) is 1. The summed E-state index contributed by atoms with van der Waals surface area (Å²) in [5, 5.41) is 4.26. The molecule has 0 aliphatic rings. The molecule has 20 heavy (non-hydrogen) atoms. The minimum absolute atomic E-state index is 0.103. The third kappa shape index (κ3) is 3.47. The van der Waals surface area contributed by atoms with E-state index in [1.54, 1.807) is 11.1 Å². The fourth-order valence-electron chi connectivity index (χ4n) is 2.07. The van der Waals surface area contributed by atoms with Crippen molar-refractivity contribution in [2.24, 2.45) is 0 Å². The quantitative estimate of drug-likeness (QED) is 0.878. The van der Waals surface area contributed by atoms with Crippen LogP contribution < -0.4 is 5.32 Å². The van der Waals surface area contributed by atoms with Crippen LogP contribution in [0.3, 0.4) is 0 Å². The van der Waals surface area contributed by atoms with E-state index in [0.717, 1.165) is 36.0 Å². The lowest BCUT2D eigenvalue weighted by atomic mass is 10.2. The molecular weight excluding hydrogens is 250 g/mol. The van der Waals surface area contributed by atoms with Crippen molar-refractivity contribution in [3.63, 3.8) is 0 Å². The second-order valence-corrected chi connectivity index (χ2v) is 4.90. The normalized spacial score (nSPS) is 10.5. The topological polar surface area (TPSA) is 45.2 Å². The second kappa shape index (κ2) is 6.89. The Labute approximate surface area is 119 Å². The van der Waals surface area contributed by atoms with E-state index in [1.807, 2.05) is 37.4 Å². The van der Waals surface area contributed by atoms with Gasteiger partial charge >= 0.3 is 0 Å². The van der Waals surface area contributed by atoms with E-state index in [4.69, 9.17) is 0 Å². The lowest BCUT2D eigenvalue weighted by Gasteiger charge is -2.17. The van der Waals surface area contributed by atoms with Crippen LogP contribution >= 0.6 is 0 Å². The standard InChI is InChI=1S/C16H21N3O/c1-3-4-11-19(2)15(20)12-18-14-9-5-7-13-8-6-10-17-16(13)14/h5-10,18H,3-4,11-12H2,1-2H3. The van der Waals surface area contributed by atoms with Crippen LogP contribution in [0.1, 0.15) is 19.8 Å². The molecule has 0 unspecified atom stereocenters. The largest absolute Gasteiger partial charge is 0.374 e. The Kier molecular flexibility index (Phi) is 4.93. The smallest absolute Gasteiger partial charge is 0.241 e. The van der Waals surface area contributed by atoms with Gasteiger partial charge in [-0.25, -0.2) is 0 Å². The number of hydrogen-bond donors (Lipinski definition) is 1. The summed E-state index contributed by atoms with van der Waals surface area (Å²) in [4.78, 5) is 18.1. The van der Waals surface area contributed by atoms with E-state index in [-0.39, 0.29) is 5.91 Å². The van der Waals surface area contributed by atoms with Crippen molar-refractivity contribution in [2.45, 2.75) is 19.8 Å². The van der Waals surface area contributed by atoms with Crippen LogP contribution in [0.2, 0.25) is 0 Å². The Balaban J connectivity index is 2.01. The first-order valence-electron chi connectivity index (χ1n) is 7.04. The molecule has 1 heterocycles. The lowest BCUT2D eigenvalue weighted by Crippen LogP contribution is -2.32. The fraction of sp³-hybridized carbons (Fsp3) is 0.375. The van der Waals surface area contributed by atoms with Gasteiger partial charge in [-0.2, -0.15) is 0 Å². The van der Waals surface area contributed by atoms with E-state index in [2.05, 4.69) is 17.2 Å². The monoisotopic (exact) mass is 271 g/mol. The molecule has 4 nitrogen and oxygen atoms in total. The van der Waals surface area contributed by atoms with Gasteiger partial charge in [-0.1, -0.05) is 31.5 Å². The van der Waals surface area contributed by atoms with Crippen molar-refractivity contribution >= 4 is 22.5 Å². The number of hydrogen-bond acceptors (Lipinski definition) is 3. The van der Waals surface area contributed by atoms with Crippen molar-refractivity contribution in [3.05, 3.63) is 36.5 Å². The summed E-state index contributed by atoms with van der Waals surface area (Å²) in [6.45, 7) is 3.24. The first-order valence-corrected chi connectivity index (χ1v) is 7.04. The molecule has 0 atom stereocenters. The molecule has 4 heteroatoms. The number of likely N-dealkylation sites (N-methyl/N-ethyl adjacent to an activating group) is 1. The molecule has 106 valence electrons. The zero-order chi connectivity index (χ0) is 14.4. The molecule has 0 aliphatic heterocycles. The molecule has 2 rings (SSSR count). The number of carbonyl (C=O) groups is 1. The Morgan fingerprint density at radius 2 is 2.10 bits per heavy atom. The van der Waals surface area contributed by atoms with E-state index in [0.29, 0.717) is 6.54 Å². The summed E-state index contributed by atoms with van der Waals surface area (Å²) in [5.74, 6) is 0.103. The predicted octanol–water partition coefficient (Wildman–Crippen LogP) is 2.91. The van der Waals surface area contributed by atoms with Gasteiger partial charge in [-0.3, -0.25) is 9.78 Å². The molecule has 0 fully saturated rings. The van der Waals surface area contributed by atoms with Gasteiger partial charge in [0.05, 0.1) is 17.7 Å². The summed E-state index contributed by atoms with van der Waals surface area (Å²) in [7, 11) is 1.85. The lowest BCUT2D eigenvalue weighted by molar-refractivity contribution is -0.128. The Morgan fingerprint density at radius 3 is 2.90 bits per heavy atom. The van der Waals surface area contributed by atoms with Gasteiger partial charge in [0.1, 0.15) is 0 Å². The molecule has 0 radical (unpaired) electrons. The summed E-state index contributed by atoms with van der Waals surface area (Å²) >= 11 is 0. The van der Waals surface area contributed by atoms with Gasteiger partial charge in [0, 0.05) is 25.2 Å². The highest BCUT2D eigenvalue weighted by molar-refractivity contribution is 5.91. The maximum Gasteiger partial charge on any atom is 0.241 e. The minimum Gasteiger partial charge on any atom is -0.374 e. The molecule has 1 amide bonds. The van der Waals surface area contributed by atoms with Crippen LogP contribution in [0, 0.1) is 0 Å². The SMILES string of the molecule is CCCCN(C)C(=O)CNc1cccc2cccnc12. The molecule has 1 N–H and O–H groups in total. The highest BCUT2D eigenvalue weighted by Gasteiger charge is 2.08. The van der Waals surface area contributed by atoms with E-state index in [9.17, 15) is 4.79 Å². The maximum atomic E-state index is 12.0. The number of nitrogens with zero attached hydrogens (tertiary/aromatic N) is 2. The van der Waals surface area contributed by atoms with Crippen LogP contribution in [-0.2, 0) is 4.79 Å². The molecular formula is C16H21N3O. The van der Waals surface area contributed by atoms with Crippen molar-refractivity contribution in [1.29, 1.82) is 0 Å². The van der Waals surface area contributed by atoms with Gasteiger partial charge in [0.15, 0.2) is 0 Å². The predicted molar refractivity (Wildman–Crippen MR) is 82.8 cm³/mol. The third-order valence-electron chi connectivity index (χ3n) is 3.34. The fourth-order valence-corrected chi connectivity index (χ4v) is 2.07. The molecule has 0 saturated heterocycles. The number of amides is 1. The Morgan fingerprint density at radius 1 is 1.30 bits per heavy atom. The van der Waals surface area contributed by atoms with Crippen molar-refractivity contribution in [2.75, 3.05) is 25.5 Å². The van der Waals surface area contributed by atoms with Crippen molar-refractivity contribution < 1.29 is 4.79 Å². The summed E-state index contributed by atoms with van der Waals surface area (Å²) < 4.78 is 0. The molecule has 1 aromatic heterocycles. The van der Waals surface area contributed by atoms with Crippen LogP contribution in [0.4, 0.5) is 5.69 Å². The zero-order valence-corrected chi connectivity index (χ0v) is 12.1. The summed E-state index contributed by atoms with van der Waals surface area (Å²) in [6, 6.07) is 9.87. The average molecular weight is 271 g/mol. The van der Waals surface area contributed by atoms with Crippen LogP contribution in [0.15, 0.2) is 36.5 Å². The number of benzene rings is 1. The molecule has 2 aromatic rings. The van der Waals surface area contributed by atoms with E-state index < -0.39 is 0 Å². The number of para-hydroxylation sites is 1. The number of pyridine rings is 1. The Bertz CT molecular complexity index is 577. The first-order chi connectivity index (χ1) is 9.72. The van der Waals surface area contributed by atoms with Gasteiger partial charge in [0.25, 0.3) is 0 Å². The van der Waals surface area contributed by atoms with E-state index >= 15 is 0 Å². The van der Waals surface area contributed by atoms with Gasteiger partial charge in [-0.05, 0) is 18.6 Å². The molecule has 0 saturated carbocycles. The minimum atomic E-state index is 0.103.